The highest BCUT2D eigenvalue weighted by Crippen LogP contribution is 2.23. The number of terminal acetylenes is 4. The minimum Gasteiger partial charge on any atom is -0.115 e. The van der Waals surface area contributed by atoms with Crippen LogP contribution >= 0.6 is 0 Å². The van der Waals surface area contributed by atoms with Crippen LogP contribution in [0, 0.1) is 70.2 Å². The predicted molar refractivity (Wildman–Crippen MR) is 113 cm³/mol. The Hall–Kier alpha value is -4.36. The van der Waals surface area contributed by atoms with Crippen LogP contribution in [0.4, 0.5) is 0 Å². The number of hydrogen-bond acceptors (Lipinski definition) is 0. The van der Waals surface area contributed by atoms with E-state index in [9.17, 15) is 0 Å². The zero-order valence-electron chi connectivity index (χ0n) is 14.9. The Morgan fingerprint density at radius 3 is 1.89 bits per heavy atom. The van der Waals surface area contributed by atoms with Crippen molar-refractivity contribution in [3.63, 3.8) is 0 Å². The quantitative estimate of drug-likeness (QED) is 0.377. The third kappa shape index (κ3) is 1.85. The van der Waals surface area contributed by atoms with Gasteiger partial charge in [0.2, 0.25) is 0 Å². The molecule has 0 heterocycles. The van der Waals surface area contributed by atoms with Crippen molar-refractivity contribution in [2.75, 3.05) is 0 Å². The van der Waals surface area contributed by atoms with Gasteiger partial charge in [-0.1, -0.05) is 47.9 Å². The Morgan fingerprint density at radius 1 is 0.571 bits per heavy atom. The summed E-state index contributed by atoms with van der Waals surface area (Å²) in [5.74, 6) is 10.8. The maximum absolute atomic E-state index is 5.87. The summed E-state index contributed by atoms with van der Waals surface area (Å²) in [6.07, 6.45) is 27.4. The van der Waals surface area contributed by atoms with Crippen LogP contribution in [-0.2, 0) is 0 Å². The third-order valence-corrected chi connectivity index (χ3v) is 5.47. The summed E-state index contributed by atoms with van der Waals surface area (Å²) in [5.41, 5.74) is 4.54. The molecule has 0 aliphatic heterocycles. The van der Waals surface area contributed by atoms with E-state index in [-0.39, 0.29) is 0 Å². The summed E-state index contributed by atoms with van der Waals surface area (Å²) in [4.78, 5) is 0. The van der Waals surface area contributed by atoms with Gasteiger partial charge in [-0.05, 0) is 56.3 Å². The van der Waals surface area contributed by atoms with E-state index < -0.39 is 0 Å². The molecule has 0 bridgehead atoms. The van der Waals surface area contributed by atoms with Crippen LogP contribution in [0.25, 0.3) is 12.2 Å². The molecular weight excluding hydrogens is 336 g/mol. The average Bonchev–Trinajstić information content (AvgIpc) is 3.27. The molecule has 0 atom stereocenters. The number of benzene rings is 3. The van der Waals surface area contributed by atoms with Gasteiger partial charge in [-0.3, -0.25) is 0 Å². The van der Waals surface area contributed by atoms with E-state index in [0.717, 1.165) is 26.8 Å². The van der Waals surface area contributed by atoms with Gasteiger partial charge < -0.3 is 0 Å². The van der Waals surface area contributed by atoms with Gasteiger partial charge in [-0.25, -0.2) is 0 Å². The second-order valence-corrected chi connectivity index (χ2v) is 6.77. The van der Waals surface area contributed by atoms with Crippen LogP contribution < -0.4 is 10.4 Å². The van der Waals surface area contributed by atoms with E-state index in [1.165, 1.54) is 15.7 Å². The third-order valence-electron chi connectivity index (χ3n) is 5.47. The van der Waals surface area contributed by atoms with E-state index >= 15 is 0 Å². The Kier molecular flexibility index (Phi) is 3.15. The highest BCUT2D eigenvalue weighted by molar-refractivity contribution is 5.72. The molecule has 0 N–H and O–H groups in total. The molecule has 0 unspecified atom stereocenters. The molecule has 0 saturated heterocycles. The summed E-state index contributed by atoms with van der Waals surface area (Å²) >= 11 is 0. The van der Waals surface area contributed by atoms with Crippen molar-refractivity contribution in [3.8, 4) is 49.4 Å². The van der Waals surface area contributed by atoms with Crippen LogP contribution in [0.1, 0.15) is 33.4 Å². The molecule has 0 saturated carbocycles. The first kappa shape index (κ1) is 15.9. The highest BCUT2D eigenvalue weighted by atomic mass is 14.2. The predicted octanol–water partition coefficient (Wildman–Crippen LogP) is 2.47. The second-order valence-electron chi connectivity index (χ2n) is 6.77. The second kappa shape index (κ2) is 5.57. The zero-order valence-corrected chi connectivity index (χ0v) is 14.9. The van der Waals surface area contributed by atoms with Crippen molar-refractivity contribution < 1.29 is 0 Å². The molecule has 0 radical (unpaired) electrons. The molecular formula is C28H12. The average molecular weight is 348 g/mol. The summed E-state index contributed by atoms with van der Waals surface area (Å²) in [5, 5.41) is 6.49. The smallest absolute Gasteiger partial charge is 0.0575 e. The highest BCUT2D eigenvalue weighted by Gasteiger charge is 2.18. The SMILES string of the molecule is C#Cc1c(C#C)c(C#C)c2c(c1C#C)=Cc1cc3c(cc1=2)C=c1ccccc1=3. The minimum atomic E-state index is 0.519. The molecule has 2 aliphatic rings. The molecule has 0 fully saturated rings. The molecule has 124 valence electrons. The van der Waals surface area contributed by atoms with Gasteiger partial charge in [0.05, 0.1) is 11.1 Å². The van der Waals surface area contributed by atoms with Gasteiger partial charge in [0.1, 0.15) is 0 Å². The molecule has 28 heavy (non-hydrogen) atoms. The van der Waals surface area contributed by atoms with Gasteiger partial charge in [0.25, 0.3) is 0 Å². The summed E-state index contributed by atoms with van der Waals surface area (Å²) in [6, 6.07) is 12.7. The molecule has 3 aromatic rings. The topological polar surface area (TPSA) is 0 Å². The van der Waals surface area contributed by atoms with Crippen molar-refractivity contribution in [2.24, 2.45) is 0 Å². The molecule has 0 heteroatoms. The van der Waals surface area contributed by atoms with Crippen molar-refractivity contribution in [1.82, 2.24) is 0 Å². The maximum atomic E-state index is 5.87. The van der Waals surface area contributed by atoms with Crippen molar-refractivity contribution in [3.05, 3.63) is 101 Å². The first-order valence-corrected chi connectivity index (χ1v) is 8.79. The largest absolute Gasteiger partial charge is 0.115 e. The minimum absolute atomic E-state index is 0.519. The summed E-state index contributed by atoms with van der Waals surface area (Å²) < 4.78 is 0. The summed E-state index contributed by atoms with van der Waals surface area (Å²) in [7, 11) is 0. The van der Waals surface area contributed by atoms with E-state index in [1.54, 1.807) is 0 Å². The van der Waals surface area contributed by atoms with Gasteiger partial charge in [-0.15, -0.1) is 25.7 Å². The summed E-state index contributed by atoms with van der Waals surface area (Å²) in [6.45, 7) is 0. The maximum Gasteiger partial charge on any atom is 0.0575 e. The lowest BCUT2D eigenvalue weighted by atomic mass is 9.93. The van der Waals surface area contributed by atoms with Crippen molar-refractivity contribution >= 4 is 12.2 Å². The van der Waals surface area contributed by atoms with Crippen LogP contribution in [0.5, 0.6) is 0 Å². The zero-order chi connectivity index (χ0) is 19.4. The lowest BCUT2D eigenvalue weighted by Crippen LogP contribution is -2.14. The van der Waals surface area contributed by atoms with Gasteiger partial charge in [0.15, 0.2) is 0 Å². The van der Waals surface area contributed by atoms with Crippen LogP contribution in [0.2, 0.25) is 0 Å². The molecule has 0 nitrogen and oxygen atoms in total. The fourth-order valence-corrected chi connectivity index (χ4v) is 4.29. The Labute approximate surface area is 162 Å². The fourth-order valence-electron chi connectivity index (χ4n) is 4.29. The van der Waals surface area contributed by atoms with E-state index in [4.69, 9.17) is 25.7 Å². The Balaban J connectivity index is 2.10. The van der Waals surface area contributed by atoms with Crippen LogP contribution in [0.15, 0.2) is 36.4 Å². The molecule has 0 aromatic heterocycles. The Bertz CT molecular complexity index is 1730. The molecule has 0 amide bonds. The van der Waals surface area contributed by atoms with E-state index in [0.29, 0.717) is 22.3 Å². The normalized spacial score (nSPS) is 11.3. The van der Waals surface area contributed by atoms with Crippen molar-refractivity contribution in [1.29, 1.82) is 0 Å². The van der Waals surface area contributed by atoms with E-state index in [2.05, 4.69) is 66.2 Å². The lowest BCUT2D eigenvalue weighted by molar-refractivity contribution is 1.38. The number of hydrogen-bond donors (Lipinski definition) is 0. The first-order chi connectivity index (χ1) is 13.7. The molecule has 2 aliphatic carbocycles. The molecule has 0 spiro atoms. The molecule has 3 aromatic carbocycles. The van der Waals surface area contributed by atoms with Gasteiger partial charge >= 0.3 is 0 Å². The van der Waals surface area contributed by atoms with Gasteiger partial charge in [-0.2, -0.15) is 0 Å². The first-order valence-electron chi connectivity index (χ1n) is 8.79. The van der Waals surface area contributed by atoms with Crippen molar-refractivity contribution in [2.45, 2.75) is 0 Å². The van der Waals surface area contributed by atoms with Crippen LogP contribution in [0.3, 0.4) is 0 Å². The Morgan fingerprint density at radius 2 is 1.18 bits per heavy atom. The lowest BCUT2D eigenvalue weighted by Gasteiger charge is -2.06. The fraction of sp³-hybridized carbons (Fsp3) is 0. The van der Waals surface area contributed by atoms with E-state index in [1.807, 2.05) is 6.07 Å². The standard InChI is InChI=1S/C28H12/c1-5-20-21(6-2)23(8-4)28-26-15-18-13-17-11-9-10-12-24(17)25(18)14-19(26)16-27(28)22(20)7-3/h1-4,9-16H. The number of fused-ring (bicyclic) bond motifs is 4. The number of rotatable bonds is 0. The molecule has 5 rings (SSSR count). The van der Waals surface area contributed by atoms with Gasteiger partial charge in [0, 0.05) is 21.6 Å². The van der Waals surface area contributed by atoms with Crippen LogP contribution in [-0.4, -0.2) is 0 Å². The monoisotopic (exact) mass is 348 g/mol.